The first kappa shape index (κ1) is 19.6. The molecule has 0 aliphatic carbocycles. The molecule has 1 fully saturated rings. The number of ether oxygens (including phenoxy) is 1. The number of aryl methyl sites for hydroxylation is 2. The van der Waals surface area contributed by atoms with Gasteiger partial charge in [-0.2, -0.15) is 5.10 Å². The van der Waals surface area contributed by atoms with Crippen LogP contribution < -0.4 is 4.74 Å². The van der Waals surface area contributed by atoms with Crippen molar-refractivity contribution in [3.63, 3.8) is 0 Å². The molecule has 2 heterocycles. The van der Waals surface area contributed by atoms with Gasteiger partial charge in [0.05, 0.1) is 12.8 Å². The zero-order chi connectivity index (χ0) is 19.6. The molecule has 1 saturated heterocycles. The fourth-order valence-corrected chi connectivity index (χ4v) is 4.06. The van der Waals surface area contributed by atoms with Crippen molar-refractivity contribution < 1.29 is 9.53 Å². The van der Waals surface area contributed by atoms with Gasteiger partial charge in [0, 0.05) is 30.3 Å². The minimum Gasteiger partial charge on any atom is -0.496 e. The number of nitrogens with one attached hydrogen (secondary N) is 1. The Balaban J connectivity index is 1.69. The molecular formula is C22H31N3O2. The highest BCUT2D eigenvalue weighted by Crippen LogP contribution is 2.28. The molecule has 146 valence electrons. The second-order valence-corrected chi connectivity index (χ2v) is 8.05. The third-order valence-corrected chi connectivity index (χ3v) is 5.46. The van der Waals surface area contributed by atoms with Gasteiger partial charge in [-0.1, -0.05) is 13.8 Å². The number of piperidine rings is 1. The Kier molecular flexibility index (Phi) is 6.00. The van der Waals surface area contributed by atoms with E-state index in [-0.39, 0.29) is 11.7 Å². The Morgan fingerprint density at radius 2 is 2.00 bits per heavy atom. The second-order valence-electron chi connectivity index (χ2n) is 8.05. The summed E-state index contributed by atoms with van der Waals surface area (Å²) in [5, 5.41) is 7.54. The topological polar surface area (TPSA) is 58.2 Å². The van der Waals surface area contributed by atoms with E-state index in [0.29, 0.717) is 5.92 Å². The van der Waals surface area contributed by atoms with Crippen molar-refractivity contribution in [2.75, 3.05) is 20.2 Å². The van der Waals surface area contributed by atoms with Crippen molar-refractivity contribution in [2.24, 2.45) is 5.92 Å². The van der Waals surface area contributed by atoms with Crippen LogP contribution in [0.3, 0.4) is 0 Å². The van der Waals surface area contributed by atoms with Gasteiger partial charge in [-0.3, -0.25) is 14.8 Å². The smallest absolute Gasteiger partial charge is 0.167 e. The van der Waals surface area contributed by atoms with Crippen LogP contribution >= 0.6 is 0 Å². The third-order valence-electron chi connectivity index (χ3n) is 5.46. The lowest BCUT2D eigenvalue weighted by molar-refractivity contribution is 0.0810. The molecule has 27 heavy (non-hydrogen) atoms. The van der Waals surface area contributed by atoms with Gasteiger partial charge >= 0.3 is 0 Å². The molecule has 1 unspecified atom stereocenters. The van der Waals surface area contributed by atoms with Gasteiger partial charge in [0.1, 0.15) is 5.75 Å². The normalized spacial score (nSPS) is 18.1. The van der Waals surface area contributed by atoms with Crippen LogP contribution in [0.1, 0.15) is 65.5 Å². The number of H-pyrrole nitrogens is 1. The summed E-state index contributed by atoms with van der Waals surface area (Å²) in [6.45, 7) is 11.0. The molecule has 1 aromatic carbocycles. The first-order valence-electron chi connectivity index (χ1n) is 9.85. The number of likely N-dealkylation sites (tertiary alicyclic amines) is 1. The maximum absolute atomic E-state index is 13.1. The molecule has 1 aromatic heterocycles. The lowest BCUT2D eigenvalue weighted by Gasteiger charge is -2.31. The van der Waals surface area contributed by atoms with E-state index in [0.717, 1.165) is 66.3 Å². The Hall–Kier alpha value is -2.14. The van der Waals surface area contributed by atoms with E-state index in [1.165, 1.54) is 0 Å². The number of nitrogens with zero attached hydrogens (tertiary/aromatic N) is 2. The summed E-state index contributed by atoms with van der Waals surface area (Å²) in [7, 11) is 1.68. The van der Waals surface area contributed by atoms with Crippen LogP contribution in [0.25, 0.3) is 0 Å². The zero-order valence-corrected chi connectivity index (χ0v) is 17.1. The van der Waals surface area contributed by atoms with Gasteiger partial charge in [0.15, 0.2) is 5.78 Å². The quantitative estimate of drug-likeness (QED) is 0.773. The molecule has 0 spiro atoms. The number of hydrogen-bond acceptors (Lipinski definition) is 4. The zero-order valence-electron chi connectivity index (χ0n) is 17.1. The maximum Gasteiger partial charge on any atom is 0.167 e. The first-order chi connectivity index (χ1) is 12.9. The molecule has 1 atom stereocenters. The average molecular weight is 370 g/mol. The predicted octanol–water partition coefficient (Wildman–Crippen LogP) is 4.25. The van der Waals surface area contributed by atoms with Crippen LogP contribution in [0, 0.1) is 19.8 Å². The second kappa shape index (κ2) is 8.26. The highest BCUT2D eigenvalue weighted by Gasteiger charge is 2.27. The van der Waals surface area contributed by atoms with Crippen molar-refractivity contribution in [3.05, 3.63) is 46.3 Å². The molecule has 2 aromatic rings. The van der Waals surface area contributed by atoms with Crippen molar-refractivity contribution in [2.45, 2.75) is 53.0 Å². The first-order valence-corrected chi connectivity index (χ1v) is 9.85. The Morgan fingerprint density at radius 3 is 2.59 bits per heavy atom. The van der Waals surface area contributed by atoms with E-state index in [4.69, 9.17) is 4.74 Å². The van der Waals surface area contributed by atoms with Crippen LogP contribution in [0.5, 0.6) is 5.75 Å². The fourth-order valence-electron chi connectivity index (χ4n) is 4.06. The van der Waals surface area contributed by atoms with E-state index < -0.39 is 0 Å². The van der Waals surface area contributed by atoms with E-state index in [1.54, 1.807) is 7.11 Å². The number of hydrogen-bond donors (Lipinski definition) is 1. The monoisotopic (exact) mass is 369 g/mol. The fraction of sp³-hybridized carbons (Fsp3) is 0.545. The third kappa shape index (κ3) is 4.41. The summed E-state index contributed by atoms with van der Waals surface area (Å²) in [6, 6.07) is 6.08. The van der Waals surface area contributed by atoms with Gasteiger partial charge in [-0.15, -0.1) is 0 Å². The Labute approximate surface area is 162 Å². The minimum atomic E-state index is 0.0541. The lowest BCUT2D eigenvalue weighted by Crippen LogP contribution is -2.38. The number of rotatable bonds is 6. The molecule has 3 rings (SSSR count). The molecule has 0 radical (unpaired) electrons. The molecule has 1 aliphatic rings. The summed E-state index contributed by atoms with van der Waals surface area (Å²) < 4.78 is 5.43. The maximum atomic E-state index is 13.1. The van der Waals surface area contributed by atoms with Crippen molar-refractivity contribution in [1.82, 2.24) is 15.1 Å². The number of Topliss-reactive ketones (excluding diaryl/α,β-unsaturated/α-hetero) is 1. The standard InChI is InChI=1S/C22H31N3O2/c1-14(2)20-11-19(23-24-20)13-25-8-6-7-17(12-25)21(26)18-9-15(3)22(27-5)16(4)10-18/h9-11,14,17H,6-8,12-13H2,1-5H3,(H,23,24). The molecule has 0 amide bonds. The van der Waals surface area contributed by atoms with Crippen LogP contribution in [-0.2, 0) is 6.54 Å². The largest absolute Gasteiger partial charge is 0.496 e. The number of carbonyl (C=O) groups excluding carboxylic acids is 1. The van der Waals surface area contributed by atoms with Gasteiger partial charge in [0.2, 0.25) is 0 Å². The summed E-state index contributed by atoms with van der Waals surface area (Å²) >= 11 is 0. The summed E-state index contributed by atoms with van der Waals surface area (Å²) in [5.41, 5.74) is 5.07. The minimum absolute atomic E-state index is 0.0541. The molecule has 0 bridgehead atoms. The molecule has 5 nitrogen and oxygen atoms in total. The number of aromatic nitrogens is 2. The van der Waals surface area contributed by atoms with Gasteiger partial charge < -0.3 is 4.74 Å². The molecular weight excluding hydrogens is 338 g/mol. The molecule has 1 aliphatic heterocycles. The highest BCUT2D eigenvalue weighted by molar-refractivity contribution is 5.98. The van der Waals surface area contributed by atoms with Crippen LogP contribution in [0.2, 0.25) is 0 Å². The van der Waals surface area contributed by atoms with Crippen LogP contribution in [-0.4, -0.2) is 41.1 Å². The number of carbonyl (C=O) groups is 1. The van der Waals surface area contributed by atoms with Crippen LogP contribution in [0.4, 0.5) is 0 Å². The van der Waals surface area contributed by atoms with E-state index in [2.05, 4.69) is 35.0 Å². The Morgan fingerprint density at radius 1 is 1.30 bits per heavy atom. The van der Waals surface area contributed by atoms with E-state index >= 15 is 0 Å². The predicted molar refractivity (Wildman–Crippen MR) is 107 cm³/mol. The summed E-state index contributed by atoms with van der Waals surface area (Å²) in [5.74, 6) is 1.60. The molecule has 5 heteroatoms. The number of methoxy groups -OCH3 is 1. The van der Waals surface area contributed by atoms with E-state index in [1.807, 2.05) is 26.0 Å². The van der Waals surface area contributed by atoms with Gasteiger partial charge in [0.25, 0.3) is 0 Å². The molecule has 1 N–H and O–H groups in total. The summed E-state index contributed by atoms with van der Waals surface area (Å²) in [6.07, 6.45) is 2.01. The molecule has 0 saturated carbocycles. The number of ketones is 1. The highest BCUT2D eigenvalue weighted by atomic mass is 16.5. The van der Waals surface area contributed by atoms with Gasteiger partial charge in [-0.25, -0.2) is 0 Å². The average Bonchev–Trinajstić information content (AvgIpc) is 3.10. The summed E-state index contributed by atoms with van der Waals surface area (Å²) in [4.78, 5) is 15.5. The van der Waals surface area contributed by atoms with Gasteiger partial charge in [-0.05, 0) is 68.5 Å². The van der Waals surface area contributed by atoms with Crippen molar-refractivity contribution in [3.8, 4) is 5.75 Å². The van der Waals surface area contributed by atoms with Crippen LogP contribution in [0.15, 0.2) is 18.2 Å². The Bertz CT molecular complexity index is 787. The van der Waals surface area contributed by atoms with E-state index in [9.17, 15) is 4.79 Å². The number of benzene rings is 1. The SMILES string of the molecule is COc1c(C)cc(C(=O)C2CCCN(Cc3cc(C(C)C)n[nH]3)C2)cc1C. The lowest BCUT2D eigenvalue weighted by atomic mass is 9.88. The van der Waals surface area contributed by atoms with Crippen molar-refractivity contribution >= 4 is 5.78 Å². The number of aromatic amines is 1. The van der Waals surface area contributed by atoms with Crippen molar-refractivity contribution in [1.29, 1.82) is 0 Å².